The summed E-state index contributed by atoms with van der Waals surface area (Å²) in [4.78, 5) is 11.0. The molecule has 3 nitrogen and oxygen atoms in total. The molecule has 92 valence electrons. The van der Waals surface area contributed by atoms with E-state index in [9.17, 15) is 9.90 Å². The van der Waals surface area contributed by atoms with Crippen LogP contribution < -0.4 is 0 Å². The second-order valence-electron chi connectivity index (χ2n) is 4.87. The van der Waals surface area contributed by atoms with E-state index in [1.807, 2.05) is 6.07 Å². The first-order valence-electron chi connectivity index (χ1n) is 6.16. The van der Waals surface area contributed by atoms with Crippen LogP contribution in [0, 0.1) is 6.92 Å². The van der Waals surface area contributed by atoms with Crippen LogP contribution in [0.15, 0.2) is 12.1 Å². The summed E-state index contributed by atoms with van der Waals surface area (Å²) in [5.41, 5.74) is 1.76. The van der Waals surface area contributed by atoms with Crippen molar-refractivity contribution >= 4 is 5.97 Å². The summed E-state index contributed by atoms with van der Waals surface area (Å²) in [5.74, 6) is -0.693. The molecule has 0 unspecified atom stereocenters. The minimum atomic E-state index is -1.05. The Morgan fingerprint density at radius 1 is 1.24 bits per heavy atom. The highest BCUT2D eigenvalue weighted by Crippen LogP contribution is 2.35. The SMILES string of the molecule is Cc1cc(C2CCCCC2)cc(C(=O)O)c1O. The van der Waals surface area contributed by atoms with Gasteiger partial charge in [-0.1, -0.05) is 25.3 Å². The van der Waals surface area contributed by atoms with Crippen molar-refractivity contribution in [3.63, 3.8) is 0 Å². The summed E-state index contributed by atoms with van der Waals surface area (Å²) in [6.07, 6.45) is 5.96. The first-order valence-corrected chi connectivity index (χ1v) is 6.16. The largest absolute Gasteiger partial charge is 0.507 e. The van der Waals surface area contributed by atoms with E-state index in [1.54, 1.807) is 13.0 Å². The fraction of sp³-hybridized carbons (Fsp3) is 0.500. The molecule has 1 aromatic carbocycles. The van der Waals surface area contributed by atoms with Gasteiger partial charge in [0.05, 0.1) is 0 Å². The molecule has 1 aromatic rings. The second kappa shape index (κ2) is 4.78. The highest BCUT2D eigenvalue weighted by atomic mass is 16.4. The van der Waals surface area contributed by atoms with Gasteiger partial charge in [-0.3, -0.25) is 0 Å². The molecular weight excluding hydrogens is 216 g/mol. The van der Waals surface area contributed by atoms with E-state index in [1.165, 1.54) is 19.3 Å². The summed E-state index contributed by atoms with van der Waals surface area (Å²) in [6, 6.07) is 3.57. The van der Waals surface area contributed by atoms with Crippen molar-refractivity contribution in [1.82, 2.24) is 0 Å². The molecule has 0 amide bonds. The van der Waals surface area contributed by atoms with E-state index in [0.29, 0.717) is 11.5 Å². The number of aromatic hydroxyl groups is 1. The van der Waals surface area contributed by atoms with E-state index in [4.69, 9.17) is 5.11 Å². The van der Waals surface area contributed by atoms with Gasteiger partial charge in [-0.05, 0) is 42.9 Å². The number of benzene rings is 1. The highest BCUT2D eigenvalue weighted by molar-refractivity contribution is 5.91. The zero-order valence-corrected chi connectivity index (χ0v) is 10.1. The Balaban J connectivity index is 2.37. The van der Waals surface area contributed by atoms with Crippen LogP contribution in [0.1, 0.15) is 59.5 Å². The molecule has 0 atom stereocenters. The molecule has 1 fully saturated rings. The van der Waals surface area contributed by atoms with Crippen LogP contribution in [0.3, 0.4) is 0 Å². The van der Waals surface area contributed by atoms with Crippen LogP contribution in [0.25, 0.3) is 0 Å². The third-order valence-electron chi connectivity index (χ3n) is 3.63. The van der Waals surface area contributed by atoms with E-state index in [0.717, 1.165) is 18.4 Å². The Morgan fingerprint density at radius 3 is 2.47 bits per heavy atom. The van der Waals surface area contributed by atoms with Gasteiger partial charge in [0.15, 0.2) is 0 Å². The molecule has 0 aliphatic heterocycles. The fourth-order valence-electron chi connectivity index (χ4n) is 2.64. The van der Waals surface area contributed by atoms with Gasteiger partial charge in [0.1, 0.15) is 11.3 Å². The number of hydrogen-bond acceptors (Lipinski definition) is 2. The molecule has 2 rings (SSSR count). The average molecular weight is 234 g/mol. The standard InChI is InChI=1S/C14H18O3/c1-9-7-11(10-5-3-2-4-6-10)8-12(13(9)15)14(16)17/h7-8,10,15H,2-6H2,1H3,(H,16,17). The van der Waals surface area contributed by atoms with Crippen LogP contribution >= 0.6 is 0 Å². The van der Waals surface area contributed by atoms with Crippen molar-refractivity contribution in [1.29, 1.82) is 0 Å². The highest BCUT2D eigenvalue weighted by Gasteiger charge is 2.20. The van der Waals surface area contributed by atoms with Gasteiger partial charge in [-0.2, -0.15) is 0 Å². The van der Waals surface area contributed by atoms with Gasteiger partial charge in [-0.15, -0.1) is 0 Å². The topological polar surface area (TPSA) is 57.5 Å². The minimum Gasteiger partial charge on any atom is -0.507 e. The lowest BCUT2D eigenvalue weighted by atomic mass is 9.83. The van der Waals surface area contributed by atoms with Gasteiger partial charge in [0, 0.05) is 0 Å². The Kier molecular flexibility index (Phi) is 3.36. The number of phenols is 1. The number of rotatable bonds is 2. The Labute approximate surface area is 101 Å². The maximum absolute atomic E-state index is 11.0. The average Bonchev–Trinajstić information content (AvgIpc) is 2.33. The molecule has 0 saturated heterocycles. The van der Waals surface area contributed by atoms with Gasteiger partial charge >= 0.3 is 5.97 Å². The molecule has 1 aliphatic rings. The van der Waals surface area contributed by atoms with Crippen LogP contribution in [0.2, 0.25) is 0 Å². The number of carboxylic acid groups (broad SMARTS) is 1. The monoisotopic (exact) mass is 234 g/mol. The van der Waals surface area contributed by atoms with Crippen molar-refractivity contribution in [3.8, 4) is 5.75 Å². The predicted octanol–water partition coefficient (Wildman–Crippen LogP) is 3.45. The van der Waals surface area contributed by atoms with E-state index >= 15 is 0 Å². The third kappa shape index (κ3) is 2.43. The molecule has 17 heavy (non-hydrogen) atoms. The Bertz CT molecular complexity index is 431. The molecular formula is C14H18O3. The van der Waals surface area contributed by atoms with Crippen molar-refractivity contribution in [2.45, 2.75) is 44.9 Å². The lowest BCUT2D eigenvalue weighted by molar-refractivity contribution is 0.0693. The van der Waals surface area contributed by atoms with E-state index in [2.05, 4.69) is 0 Å². The first kappa shape index (κ1) is 12.0. The molecule has 1 aliphatic carbocycles. The summed E-state index contributed by atoms with van der Waals surface area (Å²) >= 11 is 0. The Hall–Kier alpha value is -1.51. The van der Waals surface area contributed by atoms with Crippen molar-refractivity contribution in [3.05, 3.63) is 28.8 Å². The number of aromatic carboxylic acids is 1. The zero-order chi connectivity index (χ0) is 12.4. The van der Waals surface area contributed by atoms with E-state index in [-0.39, 0.29) is 11.3 Å². The second-order valence-corrected chi connectivity index (χ2v) is 4.87. The molecule has 0 aromatic heterocycles. The number of aryl methyl sites for hydroxylation is 1. The van der Waals surface area contributed by atoms with Crippen LogP contribution in [-0.4, -0.2) is 16.2 Å². The summed E-state index contributed by atoms with van der Waals surface area (Å²) in [6.45, 7) is 1.76. The Morgan fingerprint density at radius 2 is 1.88 bits per heavy atom. The van der Waals surface area contributed by atoms with Crippen molar-refractivity contribution in [2.75, 3.05) is 0 Å². The van der Waals surface area contributed by atoms with E-state index < -0.39 is 5.97 Å². The summed E-state index contributed by atoms with van der Waals surface area (Å²) < 4.78 is 0. The lowest BCUT2D eigenvalue weighted by Crippen LogP contribution is -2.07. The smallest absolute Gasteiger partial charge is 0.339 e. The van der Waals surface area contributed by atoms with Gasteiger partial charge in [0.2, 0.25) is 0 Å². The third-order valence-corrected chi connectivity index (χ3v) is 3.63. The van der Waals surface area contributed by atoms with Crippen molar-refractivity contribution in [2.24, 2.45) is 0 Å². The molecule has 0 heterocycles. The minimum absolute atomic E-state index is 0.0329. The van der Waals surface area contributed by atoms with Crippen LogP contribution in [0.4, 0.5) is 0 Å². The van der Waals surface area contributed by atoms with Crippen LogP contribution in [-0.2, 0) is 0 Å². The molecule has 0 radical (unpaired) electrons. The maximum atomic E-state index is 11.0. The van der Waals surface area contributed by atoms with Gasteiger partial charge in [0.25, 0.3) is 0 Å². The van der Waals surface area contributed by atoms with Crippen LogP contribution in [0.5, 0.6) is 5.75 Å². The fourth-order valence-corrected chi connectivity index (χ4v) is 2.64. The molecule has 0 spiro atoms. The molecule has 2 N–H and O–H groups in total. The number of hydrogen-bond donors (Lipinski definition) is 2. The normalized spacial score (nSPS) is 17.0. The summed E-state index contributed by atoms with van der Waals surface area (Å²) in [5, 5.41) is 18.8. The van der Waals surface area contributed by atoms with Gasteiger partial charge < -0.3 is 10.2 Å². The molecule has 0 bridgehead atoms. The molecule has 1 saturated carbocycles. The lowest BCUT2D eigenvalue weighted by Gasteiger charge is -2.23. The maximum Gasteiger partial charge on any atom is 0.339 e. The zero-order valence-electron chi connectivity index (χ0n) is 10.1. The number of carboxylic acids is 1. The van der Waals surface area contributed by atoms with Gasteiger partial charge in [-0.25, -0.2) is 4.79 Å². The predicted molar refractivity (Wildman–Crippen MR) is 65.6 cm³/mol. The quantitative estimate of drug-likeness (QED) is 0.824. The summed E-state index contributed by atoms with van der Waals surface area (Å²) in [7, 11) is 0. The number of carbonyl (C=O) groups is 1. The molecule has 3 heteroatoms. The first-order chi connectivity index (χ1) is 8.09. The van der Waals surface area contributed by atoms with Crippen molar-refractivity contribution < 1.29 is 15.0 Å².